The molecule has 0 aliphatic rings. The predicted octanol–water partition coefficient (Wildman–Crippen LogP) is 2.92. The highest BCUT2D eigenvalue weighted by Crippen LogP contribution is 2.28. The number of sulfone groups is 1. The molecule has 2 aromatic carbocycles. The SMILES string of the molecule is N[C@@H](Cc1ccc(S(=O)(=O)Cc2c(Cl)cccc2Cl)cc1)C(=O)O. The van der Waals surface area contributed by atoms with Crippen molar-refractivity contribution in [2.24, 2.45) is 5.73 Å². The van der Waals surface area contributed by atoms with E-state index in [-0.39, 0.29) is 27.1 Å². The minimum Gasteiger partial charge on any atom is -0.480 e. The molecular formula is C16H15Cl2NO4S. The summed E-state index contributed by atoms with van der Waals surface area (Å²) in [6.45, 7) is 0. The van der Waals surface area contributed by atoms with Gasteiger partial charge in [-0.3, -0.25) is 4.79 Å². The molecule has 0 amide bonds. The van der Waals surface area contributed by atoms with Gasteiger partial charge in [0.05, 0.1) is 10.6 Å². The Kier molecular flexibility index (Phi) is 5.87. The number of carboxylic acid groups (broad SMARTS) is 1. The first-order valence-corrected chi connectivity index (χ1v) is 9.34. The first-order valence-electron chi connectivity index (χ1n) is 6.93. The molecule has 3 N–H and O–H groups in total. The van der Waals surface area contributed by atoms with E-state index in [9.17, 15) is 13.2 Å². The number of nitrogens with two attached hydrogens (primary N) is 1. The largest absolute Gasteiger partial charge is 0.480 e. The molecule has 128 valence electrons. The fourth-order valence-electron chi connectivity index (χ4n) is 2.12. The van der Waals surface area contributed by atoms with Gasteiger partial charge in [0.15, 0.2) is 9.84 Å². The lowest BCUT2D eigenvalue weighted by molar-refractivity contribution is -0.138. The van der Waals surface area contributed by atoms with Gasteiger partial charge in [0, 0.05) is 15.6 Å². The van der Waals surface area contributed by atoms with E-state index < -0.39 is 21.8 Å². The van der Waals surface area contributed by atoms with Crippen LogP contribution in [0.5, 0.6) is 0 Å². The van der Waals surface area contributed by atoms with Crippen LogP contribution < -0.4 is 5.73 Å². The number of hydrogen-bond acceptors (Lipinski definition) is 4. The zero-order chi connectivity index (χ0) is 17.9. The van der Waals surface area contributed by atoms with Gasteiger partial charge in [-0.2, -0.15) is 0 Å². The average molecular weight is 388 g/mol. The van der Waals surface area contributed by atoms with Gasteiger partial charge in [-0.25, -0.2) is 8.42 Å². The highest BCUT2D eigenvalue weighted by atomic mass is 35.5. The van der Waals surface area contributed by atoms with Crippen molar-refractivity contribution in [2.45, 2.75) is 23.1 Å². The maximum Gasteiger partial charge on any atom is 0.320 e. The molecule has 8 heteroatoms. The molecule has 0 aromatic heterocycles. The molecule has 24 heavy (non-hydrogen) atoms. The normalized spacial score (nSPS) is 12.8. The topological polar surface area (TPSA) is 97.5 Å². The standard InChI is InChI=1S/C16H15Cl2NO4S/c17-13-2-1-3-14(18)12(13)9-24(22,23)11-6-4-10(5-7-11)8-15(19)16(20)21/h1-7,15H,8-9,19H2,(H,20,21)/t15-/m0/s1. The van der Waals surface area contributed by atoms with Crippen LogP contribution in [-0.2, 0) is 26.8 Å². The molecule has 0 heterocycles. The second kappa shape index (κ2) is 7.53. The van der Waals surface area contributed by atoms with Crippen LogP contribution in [0.3, 0.4) is 0 Å². The molecule has 0 fully saturated rings. The number of hydrogen-bond donors (Lipinski definition) is 2. The molecule has 5 nitrogen and oxygen atoms in total. The molecule has 2 rings (SSSR count). The number of halogens is 2. The summed E-state index contributed by atoms with van der Waals surface area (Å²) < 4.78 is 25.0. The second-order valence-corrected chi connectivity index (χ2v) is 8.06. The molecule has 1 atom stereocenters. The van der Waals surface area contributed by atoms with Gasteiger partial charge in [0.1, 0.15) is 6.04 Å². The van der Waals surface area contributed by atoms with Crippen molar-refractivity contribution in [3.63, 3.8) is 0 Å². The third-order valence-corrected chi connectivity index (χ3v) is 5.82. The summed E-state index contributed by atoms with van der Waals surface area (Å²) >= 11 is 12.0. The van der Waals surface area contributed by atoms with Gasteiger partial charge < -0.3 is 10.8 Å². The molecule has 0 aliphatic carbocycles. The minimum atomic E-state index is -3.64. The minimum absolute atomic E-state index is 0.103. The van der Waals surface area contributed by atoms with Crippen molar-refractivity contribution in [1.29, 1.82) is 0 Å². The Morgan fingerprint density at radius 1 is 1.08 bits per heavy atom. The van der Waals surface area contributed by atoms with E-state index in [0.29, 0.717) is 11.1 Å². The Hall–Kier alpha value is -1.60. The predicted molar refractivity (Wildman–Crippen MR) is 93.1 cm³/mol. The Balaban J connectivity index is 2.22. The first kappa shape index (κ1) is 18.7. The van der Waals surface area contributed by atoms with Gasteiger partial charge in [-0.1, -0.05) is 41.4 Å². The monoisotopic (exact) mass is 387 g/mol. The van der Waals surface area contributed by atoms with Crippen LogP contribution in [0, 0.1) is 0 Å². The summed E-state index contributed by atoms with van der Waals surface area (Å²) in [5, 5.41) is 9.37. The van der Waals surface area contributed by atoms with Crippen molar-refractivity contribution >= 4 is 39.0 Å². The van der Waals surface area contributed by atoms with Crippen molar-refractivity contribution in [3.8, 4) is 0 Å². The van der Waals surface area contributed by atoms with E-state index in [0.717, 1.165) is 0 Å². The van der Waals surface area contributed by atoms with E-state index in [2.05, 4.69) is 0 Å². The average Bonchev–Trinajstić information content (AvgIpc) is 2.51. The third kappa shape index (κ3) is 4.48. The lowest BCUT2D eigenvalue weighted by Gasteiger charge is -2.10. The summed E-state index contributed by atoms with van der Waals surface area (Å²) in [4.78, 5) is 10.9. The van der Waals surface area contributed by atoms with Crippen LogP contribution in [0.15, 0.2) is 47.4 Å². The number of rotatable bonds is 6. The van der Waals surface area contributed by atoms with Gasteiger partial charge in [-0.15, -0.1) is 0 Å². The molecule has 0 unspecified atom stereocenters. The zero-order valence-electron chi connectivity index (χ0n) is 12.4. The Bertz CT molecular complexity index is 831. The van der Waals surface area contributed by atoms with Crippen LogP contribution in [0.2, 0.25) is 10.0 Å². The Morgan fingerprint density at radius 3 is 2.12 bits per heavy atom. The summed E-state index contributed by atoms with van der Waals surface area (Å²) in [5.41, 5.74) is 6.44. The maximum absolute atomic E-state index is 12.5. The van der Waals surface area contributed by atoms with Crippen molar-refractivity contribution in [3.05, 3.63) is 63.6 Å². The van der Waals surface area contributed by atoms with Crippen molar-refractivity contribution in [2.75, 3.05) is 0 Å². The number of aliphatic carboxylic acids is 1. The van der Waals surface area contributed by atoms with Crippen LogP contribution in [0.4, 0.5) is 0 Å². The zero-order valence-corrected chi connectivity index (χ0v) is 14.8. The third-order valence-electron chi connectivity index (χ3n) is 3.45. The summed E-state index contributed by atoms with van der Waals surface area (Å²) in [6, 6.07) is 9.70. The molecule has 0 aliphatic heterocycles. The summed E-state index contributed by atoms with van der Waals surface area (Å²) in [6.07, 6.45) is 0.117. The van der Waals surface area contributed by atoms with Crippen LogP contribution in [-0.4, -0.2) is 25.5 Å². The molecule has 0 spiro atoms. The van der Waals surface area contributed by atoms with E-state index in [1.54, 1.807) is 30.3 Å². The highest BCUT2D eigenvalue weighted by Gasteiger charge is 2.19. The van der Waals surface area contributed by atoms with Crippen molar-refractivity contribution in [1.82, 2.24) is 0 Å². The molecular weight excluding hydrogens is 373 g/mol. The first-order chi connectivity index (χ1) is 11.2. The van der Waals surface area contributed by atoms with E-state index in [1.165, 1.54) is 12.1 Å². The Morgan fingerprint density at radius 2 is 1.62 bits per heavy atom. The van der Waals surface area contributed by atoms with Gasteiger partial charge in [0.2, 0.25) is 0 Å². The van der Waals surface area contributed by atoms with Gasteiger partial charge >= 0.3 is 5.97 Å². The number of benzene rings is 2. The van der Waals surface area contributed by atoms with Crippen LogP contribution in [0.1, 0.15) is 11.1 Å². The van der Waals surface area contributed by atoms with E-state index >= 15 is 0 Å². The maximum atomic E-state index is 12.5. The summed E-state index contributed by atoms with van der Waals surface area (Å²) in [7, 11) is -3.64. The second-order valence-electron chi connectivity index (χ2n) is 5.25. The van der Waals surface area contributed by atoms with Crippen LogP contribution in [0.25, 0.3) is 0 Å². The molecule has 0 bridgehead atoms. The Labute approximate surface area is 149 Å². The molecule has 2 aromatic rings. The number of carbonyl (C=O) groups is 1. The van der Waals surface area contributed by atoms with E-state index in [1.807, 2.05) is 0 Å². The lowest BCUT2D eigenvalue weighted by Crippen LogP contribution is -2.32. The summed E-state index contributed by atoms with van der Waals surface area (Å²) in [5.74, 6) is -1.43. The van der Waals surface area contributed by atoms with Gasteiger partial charge in [0.25, 0.3) is 0 Å². The van der Waals surface area contributed by atoms with E-state index in [4.69, 9.17) is 34.0 Å². The molecule has 0 radical (unpaired) electrons. The fraction of sp³-hybridized carbons (Fsp3) is 0.188. The fourth-order valence-corrected chi connectivity index (χ4v) is 4.22. The quantitative estimate of drug-likeness (QED) is 0.793. The molecule has 0 saturated heterocycles. The van der Waals surface area contributed by atoms with Crippen LogP contribution >= 0.6 is 23.2 Å². The smallest absolute Gasteiger partial charge is 0.320 e. The van der Waals surface area contributed by atoms with Crippen molar-refractivity contribution < 1.29 is 18.3 Å². The number of carboxylic acids is 1. The van der Waals surface area contributed by atoms with Gasteiger partial charge in [-0.05, 0) is 36.2 Å². The lowest BCUT2D eigenvalue weighted by atomic mass is 10.1. The molecule has 0 saturated carbocycles. The highest BCUT2D eigenvalue weighted by molar-refractivity contribution is 7.90.